The van der Waals surface area contributed by atoms with Crippen LogP contribution in [0.3, 0.4) is 0 Å². The lowest BCUT2D eigenvalue weighted by molar-refractivity contribution is -0.166. The van der Waals surface area contributed by atoms with E-state index >= 15 is 0 Å². The number of hydrogen-bond donors (Lipinski definition) is 3. The van der Waals surface area contributed by atoms with Crippen molar-refractivity contribution in [2.24, 2.45) is 16.7 Å². The average molecular weight is 578 g/mol. The van der Waals surface area contributed by atoms with Gasteiger partial charge in [-0.1, -0.05) is 61.7 Å². The Labute approximate surface area is 238 Å². The Morgan fingerprint density at radius 1 is 1.03 bits per heavy atom. The molecule has 39 heavy (non-hydrogen) atoms. The molecule has 2 amide bonds. The summed E-state index contributed by atoms with van der Waals surface area (Å²) >= 11 is 12.6. The monoisotopic (exact) mass is 576 g/mol. The van der Waals surface area contributed by atoms with Gasteiger partial charge in [-0.25, -0.2) is 4.79 Å². The number of carboxylic acid groups (broad SMARTS) is 2. The number of rotatable bonds is 9. The number of benzene rings is 2. The van der Waals surface area contributed by atoms with Crippen molar-refractivity contribution in [1.29, 1.82) is 0 Å². The maximum absolute atomic E-state index is 13.2. The summed E-state index contributed by atoms with van der Waals surface area (Å²) in [6.07, 6.45) is 1.52. The molecule has 3 N–H and O–H groups in total. The van der Waals surface area contributed by atoms with Crippen molar-refractivity contribution in [2.45, 2.75) is 66.0 Å². The Morgan fingerprint density at radius 2 is 1.62 bits per heavy atom. The van der Waals surface area contributed by atoms with Crippen LogP contribution < -0.4 is 10.2 Å². The van der Waals surface area contributed by atoms with E-state index in [9.17, 15) is 29.4 Å². The smallest absolute Gasteiger partial charge is 0.326 e. The van der Waals surface area contributed by atoms with Gasteiger partial charge < -0.3 is 20.4 Å². The summed E-state index contributed by atoms with van der Waals surface area (Å²) in [6.45, 7) is 6.75. The lowest BCUT2D eigenvalue weighted by atomic mass is 9.53. The molecule has 2 aromatic carbocycles. The van der Waals surface area contributed by atoms with Crippen molar-refractivity contribution in [3.05, 3.63) is 63.6 Å². The molecule has 2 aromatic rings. The van der Waals surface area contributed by atoms with Crippen LogP contribution in [-0.4, -0.2) is 40.0 Å². The highest BCUT2D eigenvalue weighted by Gasteiger charge is 2.55. The predicted molar refractivity (Wildman–Crippen MR) is 150 cm³/mol. The van der Waals surface area contributed by atoms with E-state index in [0.29, 0.717) is 46.1 Å². The van der Waals surface area contributed by atoms with Crippen LogP contribution in [0.2, 0.25) is 10.0 Å². The standard InChI is InChI=1S/C29H34Cl2N2O6/c1-17(34)33(16-20-22(30)8-5-9-23(20)31)19-12-10-18(11-13-19)15-24(26(36)37)32-25(35)21-7-6-14-29(4,27(38)39)28(21,2)3/h5,8-13,21,24H,6-7,14-16H2,1-4H3,(H,32,35)(H,36,37)(H,38,39)/t21-,24+,29+/m1/s1. The van der Waals surface area contributed by atoms with E-state index in [0.717, 1.165) is 0 Å². The van der Waals surface area contributed by atoms with Gasteiger partial charge in [0.05, 0.1) is 12.0 Å². The molecule has 210 valence electrons. The molecule has 3 atom stereocenters. The molecular weight excluding hydrogens is 543 g/mol. The third-order valence-corrected chi connectivity index (χ3v) is 9.02. The Kier molecular flexibility index (Phi) is 9.34. The van der Waals surface area contributed by atoms with E-state index in [-0.39, 0.29) is 18.9 Å². The third-order valence-electron chi connectivity index (χ3n) is 8.31. The number of hydrogen-bond acceptors (Lipinski definition) is 4. The number of halogens is 2. The molecule has 0 unspecified atom stereocenters. The second-order valence-corrected chi connectivity index (χ2v) is 11.7. The zero-order valence-corrected chi connectivity index (χ0v) is 24.0. The van der Waals surface area contributed by atoms with Gasteiger partial charge in [-0.2, -0.15) is 0 Å². The van der Waals surface area contributed by atoms with Crippen LogP contribution in [0.25, 0.3) is 0 Å². The Balaban J connectivity index is 1.76. The van der Waals surface area contributed by atoms with Crippen LogP contribution in [0.5, 0.6) is 0 Å². The number of aliphatic carboxylic acids is 2. The van der Waals surface area contributed by atoms with E-state index in [1.807, 2.05) is 0 Å². The number of nitrogens with zero attached hydrogens (tertiary/aromatic N) is 1. The molecule has 0 heterocycles. The molecule has 0 spiro atoms. The number of nitrogens with one attached hydrogen (secondary N) is 1. The van der Waals surface area contributed by atoms with Crippen molar-refractivity contribution in [3.63, 3.8) is 0 Å². The number of carboxylic acids is 2. The molecule has 0 saturated heterocycles. The highest BCUT2D eigenvalue weighted by molar-refractivity contribution is 6.36. The minimum atomic E-state index is -1.21. The lowest BCUT2D eigenvalue weighted by Gasteiger charge is -2.49. The van der Waals surface area contributed by atoms with Crippen LogP contribution in [0.4, 0.5) is 5.69 Å². The van der Waals surface area contributed by atoms with E-state index in [4.69, 9.17) is 23.2 Å². The Hall–Kier alpha value is -3.10. The maximum Gasteiger partial charge on any atom is 0.326 e. The molecule has 8 nitrogen and oxygen atoms in total. The topological polar surface area (TPSA) is 124 Å². The fourth-order valence-corrected chi connectivity index (χ4v) is 5.83. The molecule has 1 saturated carbocycles. The number of carbonyl (C=O) groups is 4. The van der Waals surface area contributed by atoms with Crippen LogP contribution >= 0.6 is 23.2 Å². The van der Waals surface area contributed by atoms with Crippen LogP contribution in [0.1, 0.15) is 58.1 Å². The first-order valence-corrected chi connectivity index (χ1v) is 13.5. The number of carbonyl (C=O) groups excluding carboxylic acids is 2. The third kappa shape index (κ3) is 6.39. The van der Waals surface area contributed by atoms with E-state index in [1.54, 1.807) is 63.2 Å². The van der Waals surface area contributed by atoms with Gasteiger partial charge in [0, 0.05) is 40.6 Å². The molecule has 0 bridgehead atoms. The largest absolute Gasteiger partial charge is 0.481 e. The van der Waals surface area contributed by atoms with Crippen LogP contribution in [-0.2, 0) is 32.1 Å². The molecule has 1 aliphatic carbocycles. The van der Waals surface area contributed by atoms with Gasteiger partial charge in [0.2, 0.25) is 11.8 Å². The molecular formula is C29H34Cl2N2O6. The number of anilines is 1. The van der Waals surface area contributed by atoms with Gasteiger partial charge in [-0.05, 0) is 55.0 Å². The summed E-state index contributed by atoms with van der Waals surface area (Å²) in [4.78, 5) is 51.3. The average Bonchev–Trinajstić information content (AvgIpc) is 2.85. The summed E-state index contributed by atoms with van der Waals surface area (Å²) < 4.78 is 0. The normalized spacial score (nSPS) is 21.0. The zero-order valence-electron chi connectivity index (χ0n) is 22.5. The first kappa shape index (κ1) is 30.4. The SMILES string of the molecule is CC(=O)N(Cc1c(Cl)cccc1Cl)c1ccc(C[C@H](NC(=O)[C@H]2CCC[C@@](C)(C(=O)O)C2(C)C)C(=O)O)cc1. The van der Waals surface area contributed by atoms with Crippen molar-refractivity contribution in [1.82, 2.24) is 5.32 Å². The summed E-state index contributed by atoms with van der Waals surface area (Å²) in [6, 6.07) is 10.7. The number of amides is 2. The predicted octanol–water partition coefficient (Wildman–Crippen LogP) is 5.58. The first-order valence-electron chi connectivity index (χ1n) is 12.8. The molecule has 0 aromatic heterocycles. The van der Waals surface area contributed by atoms with Crippen molar-refractivity contribution in [3.8, 4) is 0 Å². The molecule has 1 aliphatic rings. The summed E-state index contributed by atoms with van der Waals surface area (Å²) in [5.41, 5.74) is -0.136. The Bertz CT molecular complexity index is 1240. The van der Waals surface area contributed by atoms with Crippen molar-refractivity contribution in [2.75, 3.05) is 4.90 Å². The highest BCUT2D eigenvalue weighted by atomic mass is 35.5. The molecule has 10 heteroatoms. The fourth-order valence-electron chi connectivity index (χ4n) is 5.31. The van der Waals surface area contributed by atoms with Gasteiger partial charge >= 0.3 is 11.9 Å². The van der Waals surface area contributed by atoms with E-state index in [1.165, 1.54) is 11.8 Å². The minimum absolute atomic E-state index is 0.0150. The second-order valence-electron chi connectivity index (χ2n) is 10.9. The summed E-state index contributed by atoms with van der Waals surface area (Å²) in [5, 5.41) is 23.2. The molecule has 0 radical (unpaired) electrons. The Morgan fingerprint density at radius 3 is 2.13 bits per heavy atom. The van der Waals surface area contributed by atoms with Gasteiger partial charge in [-0.3, -0.25) is 14.4 Å². The molecule has 0 aliphatic heterocycles. The fraction of sp³-hybridized carbons (Fsp3) is 0.448. The van der Waals surface area contributed by atoms with Crippen molar-refractivity contribution < 1.29 is 29.4 Å². The van der Waals surface area contributed by atoms with E-state index < -0.39 is 40.6 Å². The molecule has 3 rings (SSSR count). The first-order chi connectivity index (χ1) is 18.2. The highest BCUT2D eigenvalue weighted by Crippen LogP contribution is 2.53. The second kappa shape index (κ2) is 12.0. The van der Waals surface area contributed by atoms with Gasteiger partial charge in [0.15, 0.2) is 0 Å². The zero-order chi connectivity index (χ0) is 29.1. The summed E-state index contributed by atoms with van der Waals surface area (Å²) in [5.74, 6) is -3.48. The maximum atomic E-state index is 13.2. The van der Waals surface area contributed by atoms with Gasteiger partial charge in [0.25, 0.3) is 0 Å². The van der Waals surface area contributed by atoms with Crippen molar-refractivity contribution >= 4 is 52.6 Å². The lowest BCUT2D eigenvalue weighted by Crippen LogP contribution is -2.55. The molecule has 1 fully saturated rings. The van der Waals surface area contributed by atoms with Crippen LogP contribution in [0, 0.1) is 16.7 Å². The minimum Gasteiger partial charge on any atom is -0.481 e. The summed E-state index contributed by atoms with van der Waals surface area (Å²) in [7, 11) is 0. The van der Waals surface area contributed by atoms with E-state index in [2.05, 4.69) is 5.32 Å². The van der Waals surface area contributed by atoms with Gasteiger partial charge in [0.1, 0.15) is 6.04 Å². The van der Waals surface area contributed by atoms with Gasteiger partial charge in [-0.15, -0.1) is 0 Å². The quantitative estimate of drug-likeness (QED) is 0.358. The van der Waals surface area contributed by atoms with Crippen LogP contribution in [0.15, 0.2) is 42.5 Å².